The zero-order chi connectivity index (χ0) is 18.8. The van der Waals surface area contributed by atoms with Gasteiger partial charge < -0.3 is 10.6 Å². The van der Waals surface area contributed by atoms with Crippen LogP contribution in [0.1, 0.15) is 32.1 Å². The number of hydrogen-bond donors (Lipinski definition) is 3. The van der Waals surface area contributed by atoms with E-state index in [1.54, 1.807) is 35.0 Å². The molecule has 3 aromatic rings. The van der Waals surface area contributed by atoms with Gasteiger partial charge in [0.05, 0.1) is 15.6 Å². The van der Waals surface area contributed by atoms with Crippen molar-refractivity contribution in [3.8, 4) is 0 Å². The number of hydrogen-bond acceptors (Lipinski definition) is 6. The molecule has 0 atom stereocenters. The van der Waals surface area contributed by atoms with E-state index in [0.29, 0.717) is 6.04 Å². The van der Waals surface area contributed by atoms with Crippen LogP contribution in [0.15, 0.2) is 45.9 Å². The van der Waals surface area contributed by atoms with Gasteiger partial charge in [-0.15, -0.1) is 0 Å². The molecule has 0 unspecified atom stereocenters. The molecule has 2 aromatic heterocycles. The average molecular weight is 450 g/mol. The van der Waals surface area contributed by atoms with Gasteiger partial charge in [-0.05, 0) is 53.0 Å². The number of nitrogens with zero attached hydrogens (tertiary/aromatic N) is 3. The summed E-state index contributed by atoms with van der Waals surface area (Å²) in [4.78, 5) is 4.98. The van der Waals surface area contributed by atoms with Gasteiger partial charge in [0.25, 0.3) is 0 Å². The van der Waals surface area contributed by atoms with E-state index in [1.165, 1.54) is 19.3 Å². The first-order valence-electron chi connectivity index (χ1n) is 8.92. The van der Waals surface area contributed by atoms with Crippen molar-refractivity contribution in [3.05, 3.63) is 41.0 Å². The van der Waals surface area contributed by atoms with E-state index in [-0.39, 0.29) is 4.90 Å². The van der Waals surface area contributed by atoms with Gasteiger partial charge in [-0.25, -0.2) is 13.4 Å². The quantitative estimate of drug-likeness (QED) is 0.511. The lowest BCUT2D eigenvalue weighted by atomic mass is 9.95. The second-order valence-corrected chi connectivity index (χ2v) is 8.55. The third kappa shape index (κ3) is 4.08. The molecule has 1 fully saturated rings. The minimum absolute atomic E-state index is 0.289. The van der Waals surface area contributed by atoms with Gasteiger partial charge in [0, 0.05) is 17.8 Å². The van der Waals surface area contributed by atoms with Gasteiger partial charge in [0.15, 0.2) is 16.4 Å². The van der Waals surface area contributed by atoms with E-state index >= 15 is 0 Å². The van der Waals surface area contributed by atoms with E-state index < -0.39 is 10.7 Å². The summed E-state index contributed by atoms with van der Waals surface area (Å²) in [5, 5.41) is 11.2. The number of fused-ring (bicyclic) bond motifs is 1. The van der Waals surface area contributed by atoms with Crippen molar-refractivity contribution < 1.29 is 8.42 Å². The van der Waals surface area contributed by atoms with Crippen molar-refractivity contribution in [2.45, 2.75) is 43.0 Å². The largest absolute Gasteiger partial charge is 0.367 e. The fourth-order valence-corrected chi connectivity index (χ4v) is 4.11. The lowest BCUT2D eigenvalue weighted by Crippen LogP contribution is -2.23. The van der Waals surface area contributed by atoms with Crippen LogP contribution < -0.4 is 10.6 Å². The first-order chi connectivity index (χ1) is 13.1. The third-order valence-corrected chi connectivity index (χ3v) is 6.02. The van der Waals surface area contributed by atoms with Crippen LogP contribution in [-0.4, -0.2) is 29.1 Å². The minimum atomic E-state index is -2.58. The molecule has 2 heterocycles. The van der Waals surface area contributed by atoms with Crippen LogP contribution in [0.5, 0.6) is 0 Å². The average Bonchev–Trinajstić information content (AvgIpc) is 3.04. The molecule has 1 aliphatic rings. The molecule has 0 spiro atoms. The van der Waals surface area contributed by atoms with Crippen molar-refractivity contribution in [2.24, 2.45) is 0 Å². The van der Waals surface area contributed by atoms with Crippen molar-refractivity contribution in [1.29, 1.82) is 0 Å². The van der Waals surface area contributed by atoms with Gasteiger partial charge in [0.1, 0.15) is 11.6 Å². The maximum absolute atomic E-state index is 11.1. The highest BCUT2D eigenvalue weighted by molar-refractivity contribution is 9.10. The highest BCUT2D eigenvalue weighted by Gasteiger charge is 2.16. The number of nitrogens with one attached hydrogen (secondary N) is 2. The molecule has 4 rings (SSSR count). The van der Waals surface area contributed by atoms with Gasteiger partial charge in [0.2, 0.25) is 0 Å². The molecule has 0 bridgehead atoms. The summed E-state index contributed by atoms with van der Waals surface area (Å²) in [5.41, 5.74) is 1.50. The first kappa shape index (κ1) is 18.2. The van der Waals surface area contributed by atoms with Crippen molar-refractivity contribution >= 4 is 49.6 Å². The number of anilines is 3. The van der Waals surface area contributed by atoms with E-state index in [2.05, 4.69) is 31.7 Å². The highest BCUT2D eigenvalue weighted by Crippen LogP contribution is 2.27. The molecule has 9 heteroatoms. The second-order valence-electron chi connectivity index (χ2n) is 6.66. The summed E-state index contributed by atoms with van der Waals surface area (Å²) in [5.74, 6) is 1.56. The molecule has 0 amide bonds. The van der Waals surface area contributed by atoms with Crippen LogP contribution >= 0.6 is 15.9 Å². The van der Waals surface area contributed by atoms with E-state index in [9.17, 15) is 8.42 Å². The fourth-order valence-electron chi connectivity index (χ4n) is 3.37. The first-order valence-corrected chi connectivity index (χ1v) is 10.9. The Kier molecular flexibility index (Phi) is 5.31. The SMILES string of the molecule is O=[SH](=O)c1ccc(Nc2cc(NC3CCCCC3)nc3c(Br)cnn23)cc1. The Morgan fingerprint density at radius 3 is 2.56 bits per heavy atom. The molecule has 0 radical (unpaired) electrons. The maximum Gasteiger partial charge on any atom is 0.173 e. The zero-order valence-corrected chi connectivity index (χ0v) is 17.0. The molecule has 142 valence electrons. The molecule has 0 saturated heterocycles. The predicted octanol–water partition coefficient (Wildman–Crippen LogP) is 3.95. The second kappa shape index (κ2) is 7.85. The van der Waals surface area contributed by atoms with Crippen LogP contribution in [0.3, 0.4) is 0 Å². The van der Waals surface area contributed by atoms with Gasteiger partial charge >= 0.3 is 0 Å². The van der Waals surface area contributed by atoms with Crippen molar-refractivity contribution in [3.63, 3.8) is 0 Å². The summed E-state index contributed by atoms with van der Waals surface area (Å²) in [6, 6.07) is 9.00. The minimum Gasteiger partial charge on any atom is -0.367 e. The van der Waals surface area contributed by atoms with Crippen LogP contribution in [0, 0.1) is 0 Å². The Hall–Kier alpha value is -2.13. The van der Waals surface area contributed by atoms with Gasteiger partial charge in [-0.2, -0.15) is 9.61 Å². The summed E-state index contributed by atoms with van der Waals surface area (Å²) >= 11 is 3.50. The van der Waals surface area contributed by atoms with Gasteiger partial charge in [-0.3, -0.25) is 0 Å². The highest BCUT2D eigenvalue weighted by atomic mass is 79.9. The maximum atomic E-state index is 11.1. The Morgan fingerprint density at radius 2 is 1.85 bits per heavy atom. The monoisotopic (exact) mass is 449 g/mol. The topological polar surface area (TPSA) is 88.4 Å². The molecule has 1 aliphatic carbocycles. The summed E-state index contributed by atoms with van der Waals surface area (Å²) in [6.07, 6.45) is 7.82. The van der Waals surface area contributed by atoms with E-state index in [0.717, 1.165) is 40.3 Å². The predicted molar refractivity (Wildman–Crippen MR) is 109 cm³/mol. The normalized spacial score (nSPS) is 15.3. The Morgan fingerprint density at radius 1 is 1.11 bits per heavy atom. The summed E-state index contributed by atoms with van der Waals surface area (Å²) in [7, 11) is -2.58. The van der Waals surface area contributed by atoms with Crippen molar-refractivity contribution in [1.82, 2.24) is 14.6 Å². The number of rotatable bonds is 5. The molecular weight excluding hydrogens is 430 g/mol. The van der Waals surface area contributed by atoms with Crippen LogP contribution in [0.25, 0.3) is 5.65 Å². The zero-order valence-electron chi connectivity index (χ0n) is 14.6. The molecule has 1 aromatic carbocycles. The number of benzene rings is 1. The Bertz CT molecular complexity index is 1020. The lowest BCUT2D eigenvalue weighted by Gasteiger charge is -2.23. The summed E-state index contributed by atoms with van der Waals surface area (Å²) in [6.45, 7) is 0. The molecule has 7 nitrogen and oxygen atoms in total. The van der Waals surface area contributed by atoms with Gasteiger partial charge in [-0.1, -0.05) is 19.3 Å². The number of aromatic nitrogens is 3. The van der Waals surface area contributed by atoms with E-state index in [4.69, 9.17) is 4.98 Å². The lowest BCUT2D eigenvalue weighted by molar-refractivity contribution is 0.462. The molecule has 1 saturated carbocycles. The van der Waals surface area contributed by atoms with E-state index in [1.807, 2.05) is 6.07 Å². The molecule has 2 N–H and O–H groups in total. The molecule has 0 aliphatic heterocycles. The molecular formula is C18H20BrN5O2S. The smallest absolute Gasteiger partial charge is 0.173 e. The fraction of sp³-hybridized carbons (Fsp3) is 0.333. The van der Waals surface area contributed by atoms with Crippen LogP contribution in [-0.2, 0) is 10.7 Å². The third-order valence-electron chi connectivity index (χ3n) is 4.74. The van der Waals surface area contributed by atoms with Crippen LogP contribution in [0.2, 0.25) is 0 Å². The number of thiol groups is 1. The molecule has 27 heavy (non-hydrogen) atoms. The summed E-state index contributed by atoms with van der Waals surface area (Å²) < 4.78 is 24.7. The van der Waals surface area contributed by atoms with Crippen LogP contribution in [0.4, 0.5) is 17.3 Å². The Labute approximate surface area is 167 Å². The van der Waals surface area contributed by atoms with Crippen molar-refractivity contribution in [2.75, 3.05) is 10.6 Å². The Balaban J connectivity index is 1.65. The number of halogens is 1. The standard InChI is InChI=1S/C18H20BrN5O2S/c19-15-11-20-24-17(22-13-6-8-14(9-7-13)27(25)26)10-16(23-18(15)24)21-12-4-2-1-3-5-12/h6-12,22,27H,1-5H2,(H,21,23).